The lowest BCUT2D eigenvalue weighted by atomic mass is 10.1. The summed E-state index contributed by atoms with van der Waals surface area (Å²) in [4.78, 5) is 79.3. The number of rotatable bonds is 13. The molecule has 5 amide bonds. The Balaban J connectivity index is 1.30. The van der Waals surface area contributed by atoms with Gasteiger partial charge in [0, 0.05) is 51.8 Å². The number of carboxylic acid groups (broad SMARTS) is 2. The highest BCUT2D eigenvalue weighted by molar-refractivity contribution is 5.96. The van der Waals surface area contributed by atoms with E-state index in [2.05, 4.69) is 15.7 Å². The molecule has 1 aromatic carbocycles. The number of likely N-dealkylation sites (tertiary alicyclic amines) is 1. The van der Waals surface area contributed by atoms with E-state index in [4.69, 9.17) is 4.74 Å². The second kappa shape index (κ2) is 15.1. The Labute approximate surface area is 274 Å². The lowest BCUT2D eigenvalue weighted by Crippen LogP contribution is -2.55. The van der Waals surface area contributed by atoms with Gasteiger partial charge in [0.2, 0.25) is 17.7 Å². The molecule has 0 spiro atoms. The van der Waals surface area contributed by atoms with Crippen molar-refractivity contribution < 1.29 is 48.1 Å². The smallest absolute Gasteiger partial charge is 0.407 e. The standard InChI is InChI=1S/C31H38FN7O9/c32-20-3-1-4-21(15-20)39-26(48-18-25(40)38-10-2-5-24(38)29(44)33-17-19-6-7-19)16-23(35-39)28(43)34-22(8-9-27(41)42)30(45)36-11-13-37(14-12-36)31(46)47/h1,3-4,15-16,19,22,24H,2,5-14,17-18H2,(H,33,44)(H,34,43)(H,41,42)(H,46,47)/t22-,24-/m0/s1. The fourth-order valence-corrected chi connectivity index (χ4v) is 5.71. The van der Waals surface area contributed by atoms with Crippen LogP contribution in [-0.2, 0) is 19.2 Å². The predicted octanol–water partition coefficient (Wildman–Crippen LogP) is 0.693. The molecule has 2 atom stereocenters. The van der Waals surface area contributed by atoms with Crippen LogP contribution in [0.25, 0.3) is 5.69 Å². The molecule has 2 saturated heterocycles. The van der Waals surface area contributed by atoms with E-state index >= 15 is 0 Å². The Hall–Kier alpha value is -5.22. The number of halogens is 1. The topological polar surface area (TPSA) is 204 Å². The number of benzene rings is 1. The van der Waals surface area contributed by atoms with E-state index in [-0.39, 0.29) is 55.8 Å². The minimum atomic E-state index is -1.27. The van der Waals surface area contributed by atoms with Crippen LogP contribution in [0.1, 0.15) is 49.0 Å². The summed E-state index contributed by atoms with van der Waals surface area (Å²) in [6.45, 7) is 0.683. The van der Waals surface area contributed by atoms with Crippen molar-refractivity contribution in [3.63, 3.8) is 0 Å². The summed E-state index contributed by atoms with van der Waals surface area (Å²) in [7, 11) is 0. The van der Waals surface area contributed by atoms with E-state index in [0.717, 1.165) is 28.5 Å². The number of carbonyl (C=O) groups excluding carboxylic acids is 4. The van der Waals surface area contributed by atoms with Gasteiger partial charge in [-0.25, -0.2) is 13.9 Å². The summed E-state index contributed by atoms with van der Waals surface area (Å²) < 4.78 is 21.1. The Kier molecular flexibility index (Phi) is 10.8. The Bertz CT molecular complexity index is 1550. The van der Waals surface area contributed by atoms with Crippen molar-refractivity contribution in [2.75, 3.05) is 45.9 Å². The maximum Gasteiger partial charge on any atom is 0.407 e. The van der Waals surface area contributed by atoms with E-state index < -0.39 is 60.7 Å². The molecule has 0 radical (unpaired) electrons. The van der Waals surface area contributed by atoms with Crippen molar-refractivity contribution in [1.29, 1.82) is 0 Å². The second-order valence-electron chi connectivity index (χ2n) is 12.0. The molecule has 1 saturated carbocycles. The van der Waals surface area contributed by atoms with Gasteiger partial charge in [-0.1, -0.05) is 6.07 Å². The van der Waals surface area contributed by atoms with Gasteiger partial charge >= 0.3 is 12.1 Å². The van der Waals surface area contributed by atoms with Crippen molar-refractivity contribution in [3.05, 3.63) is 41.8 Å². The van der Waals surface area contributed by atoms with Gasteiger partial charge in [0.25, 0.3) is 11.8 Å². The first-order valence-corrected chi connectivity index (χ1v) is 15.9. The molecule has 3 aliphatic rings. The highest BCUT2D eigenvalue weighted by Crippen LogP contribution is 2.28. The predicted molar refractivity (Wildman–Crippen MR) is 164 cm³/mol. The molecule has 2 aromatic rings. The molecule has 16 nitrogen and oxygen atoms in total. The summed E-state index contributed by atoms with van der Waals surface area (Å²) in [5.41, 5.74) is -0.0890. The molecular weight excluding hydrogens is 633 g/mol. The summed E-state index contributed by atoms with van der Waals surface area (Å²) in [5, 5.41) is 28.1. The maximum atomic E-state index is 14.2. The summed E-state index contributed by atoms with van der Waals surface area (Å²) in [6.07, 6.45) is 1.52. The van der Waals surface area contributed by atoms with E-state index in [1.807, 2.05) is 0 Å². The van der Waals surface area contributed by atoms with E-state index in [1.54, 1.807) is 0 Å². The number of aliphatic carboxylic acids is 1. The highest BCUT2D eigenvalue weighted by Gasteiger charge is 2.36. The summed E-state index contributed by atoms with van der Waals surface area (Å²) >= 11 is 0. The zero-order valence-corrected chi connectivity index (χ0v) is 26.2. The summed E-state index contributed by atoms with van der Waals surface area (Å²) in [6, 6.07) is 4.59. The first-order valence-electron chi connectivity index (χ1n) is 15.9. The molecule has 3 fully saturated rings. The van der Waals surface area contributed by atoms with Crippen LogP contribution < -0.4 is 15.4 Å². The van der Waals surface area contributed by atoms with Crippen molar-refractivity contribution >= 4 is 35.7 Å². The molecule has 17 heteroatoms. The third kappa shape index (κ3) is 8.57. The molecule has 1 aromatic heterocycles. The average molecular weight is 672 g/mol. The third-order valence-electron chi connectivity index (χ3n) is 8.56. The van der Waals surface area contributed by atoms with Gasteiger partial charge in [-0.15, -0.1) is 0 Å². The monoisotopic (exact) mass is 671 g/mol. The fourth-order valence-electron chi connectivity index (χ4n) is 5.71. The van der Waals surface area contributed by atoms with Gasteiger partial charge in [0.1, 0.15) is 17.9 Å². The molecule has 1 aliphatic carbocycles. The molecule has 3 heterocycles. The minimum Gasteiger partial charge on any atom is -0.481 e. The number of ether oxygens (including phenoxy) is 1. The molecule has 48 heavy (non-hydrogen) atoms. The molecule has 4 N–H and O–H groups in total. The van der Waals surface area contributed by atoms with Crippen molar-refractivity contribution in [2.45, 2.75) is 50.6 Å². The van der Waals surface area contributed by atoms with Crippen LogP contribution >= 0.6 is 0 Å². The average Bonchev–Trinajstić information content (AvgIpc) is 3.58. The van der Waals surface area contributed by atoms with Crippen molar-refractivity contribution in [2.24, 2.45) is 5.92 Å². The van der Waals surface area contributed by atoms with Crippen LogP contribution in [0.15, 0.2) is 30.3 Å². The SMILES string of the molecule is O=C(O)CC[C@H](NC(=O)c1cc(OCC(=O)N2CCC[C@H]2C(=O)NCC2CC2)n(-c2cccc(F)c2)n1)C(=O)N1CCN(C(=O)O)CC1. The van der Waals surface area contributed by atoms with Crippen molar-refractivity contribution in [1.82, 2.24) is 35.1 Å². The van der Waals surface area contributed by atoms with Crippen LogP contribution in [0.2, 0.25) is 0 Å². The summed E-state index contributed by atoms with van der Waals surface area (Å²) in [5.74, 6) is -3.51. The number of amides is 5. The molecule has 2 aliphatic heterocycles. The fraction of sp³-hybridized carbons (Fsp3) is 0.516. The lowest BCUT2D eigenvalue weighted by Gasteiger charge is -2.35. The minimum absolute atomic E-state index is 0.0570. The van der Waals surface area contributed by atoms with E-state index in [1.165, 1.54) is 34.1 Å². The van der Waals surface area contributed by atoms with Gasteiger partial charge in [-0.2, -0.15) is 5.10 Å². The first kappa shape index (κ1) is 34.1. The molecule has 258 valence electrons. The Morgan fingerprint density at radius 1 is 0.979 bits per heavy atom. The van der Waals surface area contributed by atoms with Gasteiger partial charge in [0.05, 0.1) is 5.69 Å². The van der Waals surface area contributed by atoms with Crippen LogP contribution in [0.3, 0.4) is 0 Å². The quantitative estimate of drug-likeness (QED) is 0.235. The second-order valence-corrected chi connectivity index (χ2v) is 12.0. The number of aromatic nitrogens is 2. The highest BCUT2D eigenvalue weighted by atomic mass is 19.1. The van der Waals surface area contributed by atoms with Gasteiger partial charge < -0.3 is 40.3 Å². The molecule has 0 bridgehead atoms. The van der Waals surface area contributed by atoms with E-state index in [9.17, 15) is 43.4 Å². The zero-order valence-electron chi connectivity index (χ0n) is 26.2. The Morgan fingerprint density at radius 3 is 2.38 bits per heavy atom. The maximum absolute atomic E-state index is 14.2. The van der Waals surface area contributed by atoms with Crippen LogP contribution in [0, 0.1) is 11.7 Å². The first-order chi connectivity index (χ1) is 23.0. The van der Waals surface area contributed by atoms with Crippen molar-refractivity contribution in [3.8, 4) is 11.6 Å². The number of carbonyl (C=O) groups is 6. The molecular formula is C31H38FN7O9. The number of nitrogens with zero attached hydrogens (tertiary/aromatic N) is 5. The normalized spacial score (nSPS) is 18.3. The number of hydrogen-bond donors (Lipinski definition) is 4. The van der Waals surface area contributed by atoms with Crippen LogP contribution in [0.5, 0.6) is 5.88 Å². The van der Waals surface area contributed by atoms with Gasteiger partial charge in [-0.05, 0) is 56.2 Å². The molecule has 0 unspecified atom stereocenters. The van der Waals surface area contributed by atoms with Crippen LogP contribution in [0.4, 0.5) is 9.18 Å². The lowest BCUT2D eigenvalue weighted by molar-refractivity contribution is -0.140. The number of carboxylic acids is 1. The van der Waals surface area contributed by atoms with Gasteiger partial charge in [0.15, 0.2) is 12.3 Å². The van der Waals surface area contributed by atoms with Crippen LogP contribution in [-0.4, -0.2) is 128 Å². The molecule has 5 rings (SSSR count). The number of nitrogens with one attached hydrogen (secondary N) is 2. The third-order valence-corrected chi connectivity index (χ3v) is 8.56. The number of piperazine rings is 1. The zero-order chi connectivity index (χ0) is 34.4. The number of hydrogen-bond acceptors (Lipinski definition) is 8. The van der Waals surface area contributed by atoms with Gasteiger partial charge in [-0.3, -0.25) is 24.0 Å². The Morgan fingerprint density at radius 2 is 1.71 bits per heavy atom. The van der Waals surface area contributed by atoms with E-state index in [0.29, 0.717) is 31.8 Å². The largest absolute Gasteiger partial charge is 0.481 e.